The molecule has 0 unspecified atom stereocenters. The molecule has 1 heterocycles. The van der Waals surface area contributed by atoms with Crippen LogP contribution < -0.4 is 0 Å². The fourth-order valence-corrected chi connectivity index (χ4v) is 2.32. The summed E-state index contributed by atoms with van der Waals surface area (Å²) in [5, 5.41) is 6.88. The molecule has 0 saturated carbocycles. The summed E-state index contributed by atoms with van der Waals surface area (Å²) in [6.07, 6.45) is 2.68. The molecule has 0 spiro atoms. The van der Waals surface area contributed by atoms with Crippen LogP contribution in [0.3, 0.4) is 0 Å². The summed E-state index contributed by atoms with van der Waals surface area (Å²) in [5.41, 5.74) is 2.36. The normalized spacial score (nSPS) is 11.2. The maximum Gasteiger partial charge on any atom is 0.153 e. The van der Waals surface area contributed by atoms with E-state index in [0.29, 0.717) is 5.56 Å². The molecule has 0 bridgehead atoms. The SMILES string of the molecule is CC(C)n1cc(C=O)c(-c2ccc3ccccc3c2)n1. The van der Waals surface area contributed by atoms with Crippen LogP contribution in [0.15, 0.2) is 48.7 Å². The zero-order valence-electron chi connectivity index (χ0n) is 11.6. The molecular weight excluding hydrogens is 248 g/mol. The minimum Gasteiger partial charge on any atom is -0.298 e. The molecule has 3 aromatic rings. The summed E-state index contributed by atoms with van der Waals surface area (Å²) < 4.78 is 1.83. The molecule has 0 N–H and O–H groups in total. The van der Waals surface area contributed by atoms with Crippen molar-refractivity contribution >= 4 is 17.1 Å². The lowest BCUT2D eigenvalue weighted by Gasteiger charge is -2.04. The van der Waals surface area contributed by atoms with Crippen LogP contribution in [0.2, 0.25) is 0 Å². The number of fused-ring (bicyclic) bond motifs is 1. The maximum atomic E-state index is 11.2. The Kier molecular flexibility index (Phi) is 3.11. The van der Waals surface area contributed by atoms with Crippen LogP contribution >= 0.6 is 0 Å². The van der Waals surface area contributed by atoms with E-state index >= 15 is 0 Å². The van der Waals surface area contributed by atoms with Crippen LogP contribution in [-0.2, 0) is 0 Å². The zero-order valence-corrected chi connectivity index (χ0v) is 11.6. The highest BCUT2D eigenvalue weighted by Gasteiger charge is 2.12. The van der Waals surface area contributed by atoms with Gasteiger partial charge in [0.05, 0.1) is 5.56 Å². The number of nitrogens with zero attached hydrogens (tertiary/aromatic N) is 2. The molecule has 0 saturated heterocycles. The van der Waals surface area contributed by atoms with Gasteiger partial charge in [0.25, 0.3) is 0 Å². The van der Waals surface area contributed by atoms with Gasteiger partial charge in [-0.05, 0) is 30.7 Å². The Morgan fingerprint density at radius 3 is 2.55 bits per heavy atom. The number of hydrogen-bond donors (Lipinski definition) is 0. The number of benzene rings is 2. The van der Waals surface area contributed by atoms with Crippen molar-refractivity contribution in [1.82, 2.24) is 9.78 Å². The molecule has 20 heavy (non-hydrogen) atoms. The van der Waals surface area contributed by atoms with Crippen LogP contribution in [0.5, 0.6) is 0 Å². The number of aromatic nitrogens is 2. The lowest BCUT2D eigenvalue weighted by molar-refractivity contribution is 0.112. The summed E-state index contributed by atoms with van der Waals surface area (Å²) in [5.74, 6) is 0. The number of hydrogen-bond acceptors (Lipinski definition) is 2. The van der Waals surface area contributed by atoms with Gasteiger partial charge in [0.1, 0.15) is 5.69 Å². The van der Waals surface area contributed by atoms with Crippen LogP contribution in [0, 0.1) is 0 Å². The van der Waals surface area contributed by atoms with Crippen molar-refractivity contribution < 1.29 is 4.79 Å². The van der Waals surface area contributed by atoms with Gasteiger partial charge in [-0.2, -0.15) is 5.10 Å². The lowest BCUT2D eigenvalue weighted by atomic mass is 10.0. The molecule has 3 heteroatoms. The van der Waals surface area contributed by atoms with E-state index in [1.54, 1.807) is 0 Å². The largest absolute Gasteiger partial charge is 0.298 e. The summed E-state index contributed by atoms with van der Waals surface area (Å²) >= 11 is 0. The van der Waals surface area contributed by atoms with Crippen LogP contribution in [-0.4, -0.2) is 16.1 Å². The van der Waals surface area contributed by atoms with Crippen molar-refractivity contribution in [2.24, 2.45) is 0 Å². The van der Waals surface area contributed by atoms with Gasteiger partial charge in [0.2, 0.25) is 0 Å². The molecule has 0 fully saturated rings. The first-order valence-electron chi connectivity index (χ1n) is 6.72. The molecule has 0 aliphatic heterocycles. The number of rotatable bonds is 3. The highest BCUT2D eigenvalue weighted by molar-refractivity contribution is 5.91. The molecule has 100 valence electrons. The molecule has 3 rings (SSSR count). The topological polar surface area (TPSA) is 34.9 Å². The molecule has 0 aliphatic carbocycles. The van der Waals surface area contributed by atoms with Crippen LogP contribution in [0.25, 0.3) is 22.0 Å². The Morgan fingerprint density at radius 2 is 1.85 bits per heavy atom. The van der Waals surface area contributed by atoms with Crippen molar-refractivity contribution in [1.29, 1.82) is 0 Å². The van der Waals surface area contributed by atoms with Crippen molar-refractivity contribution in [3.8, 4) is 11.3 Å². The third-order valence-corrected chi connectivity index (χ3v) is 3.44. The fraction of sp³-hybridized carbons (Fsp3) is 0.176. The Hall–Kier alpha value is -2.42. The van der Waals surface area contributed by atoms with E-state index in [2.05, 4.69) is 29.4 Å². The standard InChI is InChI=1S/C17H16N2O/c1-12(2)19-10-16(11-20)17(18-19)15-8-7-13-5-3-4-6-14(13)9-15/h3-12H,1-2H3. The average molecular weight is 264 g/mol. The van der Waals surface area contributed by atoms with E-state index in [4.69, 9.17) is 0 Å². The predicted octanol–water partition coefficient (Wildman–Crippen LogP) is 4.10. The Balaban J connectivity index is 2.16. The minimum absolute atomic E-state index is 0.239. The summed E-state index contributed by atoms with van der Waals surface area (Å²) in [6.45, 7) is 4.09. The van der Waals surface area contributed by atoms with Gasteiger partial charge in [-0.1, -0.05) is 36.4 Å². The molecule has 2 aromatic carbocycles. The Morgan fingerprint density at radius 1 is 1.10 bits per heavy atom. The Labute approximate surface area is 117 Å². The first-order valence-corrected chi connectivity index (χ1v) is 6.72. The monoisotopic (exact) mass is 264 g/mol. The number of carbonyl (C=O) groups is 1. The van der Waals surface area contributed by atoms with E-state index < -0.39 is 0 Å². The van der Waals surface area contributed by atoms with E-state index in [0.717, 1.165) is 22.9 Å². The highest BCUT2D eigenvalue weighted by Crippen LogP contribution is 2.26. The van der Waals surface area contributed by atoms with Crippen LogP contribution in [0.4, 0.5) is 0 Å². The number of carbonyl (C=O) groups excluding carboxylic acids is 1. The van der Waals surface area contributed by atoms with Gasteiger partial charge < -0.3 is 0 Å². The first-order chi connectivity index (χ1) is 9.69. The maximum absolute atomic E-state index is 11.2. The van der Waals surface area contributed by atoms with Crippen molar-refractivity contribution in [3.63, 3.8) is 0 Å². The first kappa shape index (κ1) is 12.6. The highest BCUT2D eigenvalue weighted by atomic mass is 16.1. The summed E-state index contributed by atoms with van der Waals surface area (Å²) in [7, 11) is 0. The quantitative estimate of drug-likeness (QED) is 0.668. The fourth-order valence-electron chi connectivity index (χ4n) is 2.32. The van der Waals surface area contributed by atoms with Gasteiger partial charge >= 0.3 is 0 Å². The zero-order chi connectivity index (χ0) is 14.1. The Bertz CT molecular complexity index is 772. The van der Waals surface area contributed by atoms with Gasteiger partial charge in [-0.15, -0.1) is 0 Å². The van der Waals surface area contributed by atoms with E-state index in [-0.39, 0.29) is 6.04 Å². The minimum atomic E-state index is 0.239. The van der Waals surface area contributed by atoms with Crippen molar-refractivity contribution in [2.45, 2.75) is 19.9 Å². The molecule has 0 amide bonds. The van der Waals surface area contributed by atoms with E-state index in [1.165, 1.54) is 5.39 Å². The molecule has 1 aromatic heterocycles. The second-order valence-corrected chi connectivity index (χ2v) is 5.19. The summed E-state index contributed by atoms with van der Waals surface area (Å²) in [4.78, 5) is 11.2. The van der Waals surface area contributed by atoms with Gasteiger partial charge in [-0.25, -0.2) is 0 Å². The summed E-state index contributed by atoms with van der Waals surface area (Å²) in [6, 6.07) is 14.6. The second kappa shape index (κ2) is 4.93. The van der Waals surface area contributed by atoms with Crippen molar-refractivity contribution in [3.05, 3.63) is 54.2 Å². The van der Waals surface area contributed by atoms with Gasteiger partial charge in [-0.3, -0.25) is 9.48 Å². The molecule has 3 nitrogen and oxygen atoms in total. The molecule has 0 aliphatic rings. The molecule has 0 atom stereocenters. The predicted molar refractivity (Wildman–Crippen MR) is 80.9 cm³/mol. The second-order valence-electron chi connectivity index (χ2n) is 5.19. The van der Waals surface area contributed by atoms with E-state index in [1.807, 2.05) is 42.9 Å². The number of aldehydes is 1. The smallest absolute Gasteiger partial charge is 0.153 e. The van der Waals surface area contributed by atoms with Crippen LogP contribution in [0.1, 0.15) is 30.2 Å². The average Bonchev–Trinajstić information content (AvgIpc) is 2.91. The van der Waals surface area contributed by atoms with Crippen molar-refractivity contribution in [2.75, 3.05) is 0 Å². The third-order valence-electron chi connectivity index (χ3n) is 3.44. The van der Waals surface area contributed by atoms with Gasteiger partial charge in [0, 0.05) is 17.8 Å². The molecular formula is C17H16N2O. The van der Waals surface area contributed by atoms with Gasteiger partial charge in [0.15, 0.2) is 6.29 Å². The molecule has 0 radical (unpaired) electrons. The van der Waals surface area contributed by atoms with E-state index in [9.17, 15) is 4.79 Å². The third kappa shape index (κ3) is 2.11. The lowest BCUT2D eigenvalue weighted by Crippen LogP contribution is -2.00.